The third kappa shape index (κ3) is 3.22. The average molecular weight is 340 g/mol. The van der Waals surface area contributed by atoms with Gasteiger partial charge in [-0.1, -0.05) is 6.07 Å². The summed E-state index contributed by atoms with van der Waals surface area (Å²) >= 11 is 3.65. The normalized spacial score (nSPS) is 23.6. The molecular weight excluding hydrogens is 318 g/mol. The Morgan fingerprint density at radius 2 is 2.05 bits per heavy atom. The van der Waals surface area contributed by atoms with Crippen LogP contribution in [0.4, 0.5) is 0 Å². The fraction of sp³-hybridized carbons (Fsp3) is 0.667. The van der Waals surface area contributed by atoms with Crippen LogP contribution in [0.2, 0.25) is 0 Å². The van der Waals surface area contributed by atoms with Crippen LogP contribution in [0.5, 0.6) is 0 Å². The SMILES string of the molecule is Brc1ncccc1[C@@H](C1CCOCC1)N1CCNCC1. The van der Waals surface area contributed by atoms with Crippen LogP contribution in [0.15, 0.2) is 22.9 Å². The summed E-state index contributed by atoms with van der Waals surface area (Å²) in [6.07, 6.45) is 4.15. The Bertz CT molecular complexity index is 413. The second kappa shape index (κ2) is 6.98. The number of rotatable bonds is 3. The summed E-state index contributed by atoms with van der Waals surface area (Å²) in [7, 11) is 0. The Hall–Kier alpha value is -0.490. The van der Waals surface area contributed by atoms with Gasteiger partial charge in [-0.25, -0.2) is 4.98 Å². The van der Waals surface area contributed by atoms with Crippen LogP contribution in [0.3, 0.4) is 0 Å². The molecule has 0 aromatic carbocycles. The van der Waals surface area contributed by atoms with Crippen molar-refractivity contribution in [1.82, 2.24) is 15.2 Å². The van der Waals surface area contributed by atoms with Crippen molar-refractivity contribution in [2.45, 2.75) is 18.9 Å². The van der Waals surface area contributed by atoms with E-state index in [2.05, 4.69) is 43.3 Å². The molecule has 0 radical (unpaired) electrons. The molecular formula is C15H22BrN3O. The number of nitrogens with zero attached hydrogens (tertiary/aromatic N) is 2. The Labute approximate surface area is 129 Å². The van der Waals surface area contributed by atoms with E-state index in [1.165, 1.54) is 5.56 Å². The van der Waals surface area contributed by atoms with Crippen LogP contribution in [0.25, 0.3) is 0 Å². The van der Waals surface area contributed by atoms with E-state index >= 15 is 0 Å². The van der Waals surface area contributed by atoms with E-state index in [1.54, 1.807) is 0 Å². The van der Waals surface area contributed by atoms with Crippen LogP contribution in [-0.2, 0) is 4.74 Å². The molecule has 0 spiro atoms. The zero-order valence-electron chi connectivity index (χ0n) is 11.7. The minimum atomic E-state index is 0.462. The topological polar surface area (TPSA) is 37.4 Å². The summed E-state index contributed by atoms with van der Waals surface area (Å²) in [6, 6.07) is 4.73. The van der Waals surface area contributed by atoms with Gasteiger partial charge in [0.15, 0.2) is 0 Å². The fourth-order valence-electron chi connectivity index (χ4n) is 3.36. The van der Waals surface area contributed by atoms with Gasteiger partial charge in [-0.2, -0.15) is 0 Å². The van der Waals surface area contributed by atoms with E-state index in [1.807, 2.05) is 6.20 Å². The van der Waals surface area contributed by atoms with Gasteiger partial charge in [-0.15, -0.1) is 0 Å². The number of hydrogen-bond donors (Lipinski definition) is 1. The van der Waals surface area contributed by atoms with Crippen molar-refractivity contribution in [1.29, 1.82) is 0 Å². The first-order valence-electron chi connectivity index (χ1n) is 7.49. The van der Waals surface area contributed by atoms with Gasteiger partial charge < -0.3 is 10.1 Å². The maximum absolute atomic E-state index is 5.55. The minimum Gasteiger partial charge on any atom is -0.381 e. The molecule has 110 valence electrons. The Balaban J connectivity index is 1.87. The Morgan fingerprint density at radius 1 is 1.30 bits per heavy atom. The van der Waals surface area contributed by atoms with Crippen LogP contribution in [0, 0.1) is 5.92 Å². The second-order valence-corrected chi connectivity index (χ2v) is 6.32. The first-order chi connectivity index (χ1) is 9.86. The third-order valence-electron chi connectivity index (χ3n) is 4.36. The summed E-state index contributed by atoms with van der Waals surface area (Å²) in [4.78, 5) is 7.05. The summed E-state index contributed by atoms with van der Waals surface area (Å²) in [6.45, 7) is 6.18. The highest BCUT2D eigenvalue weighted by Gasteiger charge is 2.32. The molecule has 1 atom stereocenters. The highest BCUT2D eigenvalue weighted by molar-refractivity contribution is 9.10. The maximum Gasteiger partial charge on any atom is 0.110 e. The smallest absolute Gasteiger partial charge is 0.110 e. The highest BCUT2D eigenvalue weighted by Crippen LogP contribution is 2.37. The summed E-state index contributed by atoms with van der Waals surface area (Å²) in [5, 5.41) is 3.44. The minimum absolute atomic E-state index is 0.462. The fourth-order valence-corrected chi connectivity index (χ4v) is 3.84. The molecule has 2 aliphatic rings. The molecule has 4 nitrogen and oxygen atoms in total. The van der Waals surface area contributed by atoms with Gasteiger partial charge in [-0.05, 0) is 40.8 Å². The lowest BCUT2D eigenvalue weighted by Gasteiger charge is -2.41. The van der Waals surface area contributed by atoms with Gasteiger partial charge in [0.2, 0.25) is 0 Å². The first-order valence-corrected chi connectivity index (χ1v) is 8.28. The summed E-state index contributed by atoms with van der Waals surface area (Å²) < 4.78 is 6.54. The molecule has 0 bridgehead atoms. The van der Waals surface area contributed by atoms with E-state index in [0.29, 0.717) is 12.0 Å². The van der Waals surface area contributed by atoms with E-state index in [0.717, 1.165) is 56.8 Å². The predicted molar refractivity (Wildman–Crippen MR) is 82.7 cm³/mol. The zero-order chi connectivity index (χ0) is 13.8. The average Bonchev–Trinajstić information content (AvgIpc) is 2.52. The molecule has 20 heavy (non-hydrogen) atoms. The molecule has 3 rings (SSSR count). The van der Waals surface area contributed by atoms with Crippen molar-refractivity contribution in [3.05, 3.63) is 28.5 Å². The molecule has 0 aliphatic carbocycles. The number of aromatic nitrogens is 1. The van der Waals surface area contributed by atoms with Crippen LogP contribution >= 0.6 is 15.9 Å². The number of ether oxygens (including phenoxy) is 1. The van der Waals surface area contributed by atoms with Crippen molar-refractivity contribution in [3.8, 4) is 0 Å². The van der Waals surface area contributed by atoms with Crippen molar-refractivity contribution in [3.63, 3.8) is 0 Å². The van der Waals surface area contributed by atoms with Crippen molar-refractivity contribution >= 4 is 15.9 Å². The number of hydrogen-bond acceptors (Lipinski definition) is 4. The number of nitrogens with one attached hydrogen (secondary N) is 1. The molecule has 3 heterocycles. The van der Waals surface area contributed by atoms with E-state index in [4.69, 9.17) is 4.74 Å². The van der Waals surface area contributed by atoms with Gasteiger partial charge in [0.25, 0.3) is 0 Å². The molecule has 1 aromatic heterocycles. The van der Waals surface area contributed by atoms with Crippen LogP contribution in [-0.4, -0.2) is 49.3 Å². The molecule has 1 aromatic rings. The lowest BCUT2D eigenvalue weighted by Crippen LogP contribution is -2.47. The quantitative estimate of drug-likeness (QED) is 0.857. The van der Waals surface area contributed by atoms with Crippen molar-refractivity contribution in [2.75, 3.05) is 39.4 Å². The standard InChI is InChI=1S/C15H22BrN3O/c16-15-13(2-1-5-18-15)14(12-3-10-20-11-4-12)19-8-6-17-7-9-19/h1-2,5,12,14,17H,3-4,6-11H2/t14-/m1/s1. The van der Waals surface area contributed by atoms with Gasteiger partial charge in [0, 0.05) is 57.2 Å². The van der Waals surface area contributed by atoms with E-state index in [9.17, 15) is 0 Å². The van der Waals surface area contributed by atoms with Gasteiger partial charge in [0.1, 0.15) is 4.60 Å². The highest BCUT2D eigenvalue weighted by atomic mass is 79.9. The van der Waals surface area contributed by atoms with Gasteiger partial charge in [0.05, 0.1) is 0 Å². The van der Waals surface area contributed by atoms with Crippen LogP contribution < -0.4 is 5.32 Å². The Morgan fingerprint density at radius 3 is 2.75 bits per heavy atom. The van der Waals surface area contributed by atoms with Crippen molar-refractivity contribution in [2.24, 2.45) is 5.92 Å². The molecule has 2 aliphatic heterocycles. The van der Waals surface area contributed by atoms with E-state index < -0.39 is 0 Å². The number of piperazine rings is 1. The molecule has 5 heteroatoms. The molecule has 0 amide bonds. The molecule has 2 saturated heterocycles. The second-order valence-electron chi connectivity index (χ2n) is 5.56. The molecule has 0 saturated carbocycles. The predicted octanol–water partition coefficient (Wildman–Crippen LogP) is 2.22. The monoisotopic (exact) mass is 339 g/mol. The van der Waals surface area contributed by atoms with Gasteiger partial charge >= 0.3 is 0 Å². The summed E-state index contributed by atoms with van der Waals surface area (Å²) in [5.74, 6) is 0.669. The van der Waals surface area contributed by atoms with Crippen molar-refractivity contribution < 1.29 is 4.74 Å². The first kappa shape index (κ1) is 14.4. The maximum atomic E-state index is 5.55. The van der Waals surface area contributed by atoms with Crippen LogP contribution in [0.1, 0.15) is 24.4 Å². The molecule has 1 N–H and O–H groups in total. The summed E-state index contributed by atoms with van der Waals surface area (Å²) in [5.41, 5.74) is 1.33. The van der Waals surface area contributed by atoms with Gasteiger partial charge in [-0.3, -0.25) is 4.90 Å². The number of pyridine rings is 1. The lowest BCUT2D eigenvalue weighted by molar-refractivity contribution is 0.0210. The largest absolute Gasteiger partial charge is 0.381 e. The van der Waals surface area contributed by atoms with E-state index in [-0.39, 0.29) is 0 Å². The zero-order valence-corrected chi connectivity index (χ0v) is 13.3. The lowest BCUT2D eigenvalue weighted by atomic mass is 9.86. The number of halogens is 1. The third-order valence-corrected chi connectivity index (χ3v) is 5.03. The Kier molecular flexibility index (Phi) is 5.04. The molecule has 2 fully saturated rings. The molecule has 0 unspecified atom stereocenters.